The lowest BCUT2D eigenvalue weighted by atomic mass is 9.99. The first-order valence-electron chi connectivity index (χ1n) is 4.83. The molecule has 4 nitrogen and oxygen atoms in total. The van der Waals surface area contributed by atoms with Crippen LogP contribution >= 0.6 is 0 Å². The van der Waals surface area contributed by atoms with E-state index < -0.39 is 0 Å². The third-order valence-electron chi connectivity index (χ3n) is 2.90. The third-order valence-corrected chi connectivity index (χ3v) is 2.90. The highest BCUT2D eigenvalue weighted by atomic mass is 16.5. The van der Waals surface area contributed by atoms with Crippen molar-refractivity contribution in [3.8, 4) is 0 Å². The minimum absolute atomic E-state index is 0.0486. The molecule has 2 rings (SSSR count). The van der Waals surface area contributed by atoms with E-state index in [4.69, 9.17) is 4.74 Å². The standard InChI is InChI=1S/C10H13NO3/c1-7(8-4-5-14-6-8)11-9(12)2-3-10(11)13/h2-3,7-8H,4-6H2,1H3. The molecule has 76 valence electrons. The van der Waals surface area contributed by atoms with Crippen molar-refractivity contribution in [3.63, 3.8) is 0 Å². The van der Waals surface area contributed by atoms with E-state index in [0.29, 0.717) is 12.5 Å². The topological polar surface area (TPSA) is 46.6 Å². The molecule has 2 amide bonds. The van der Waals surface area contributed by atoms with E-state index in [9.17, 15) is 9.59 Å². The first-order valence-corrected chi connectivity index (χ1v) is 4.83. The van der Waals surface area contributed by atoms with Crippen LogP contribution in [0.5, 0.6) is 0 Å². The molecule has 2 atom stereocenters. The summed E-state index contributed by atoms with van der Waals surface area (Å²) in [7, 11) is 0. The molecule has 1 saturated heterocycles. The van der Waals surface area contributed by atoms with Gasteiger partial charge in [0.1, 0.15) is 0 Å². The van der Waals surface area contributed by atoms with Gasteiger partial charge in [-0.15, -0.1) is 0 Å². The summed E-state index contributed by atoms with van der Waals surface area (Å²) in [5.74, 6) is -0.105. The Balaban J connectivity index is 2.07. The minimum Gasteiger partial charge on any atom is -0.381 e. The maximum absolute atomic E-state index is 11.4. The van der Waals surface area contributed by atoms with E-state index in [1.807, 2.05) is 6.92 Å². The van der Waals surface area contributed by atoms with Gasteiger partial charge in [0.05, 0.1) is 6.61 Å². The van der Waals surface area contributed by atoms with Crippen molar-refractivity contribution >= 4 is 11.8 Å². The lowest BCUT2D eigenvalue weighted by molar-refractivity contribution is -0.140. The molecule has 14 heavy (non-hydrogen) atoms. The summed E-state index contributed by atoms with van der Waals surface area (Å²) < 4.78 is 5.24. The Labute approximate surface area is 82.5 Å². The van der Waals surface area contributed by atoms with Gasteiger partial charge in [0.15, 0.2) is 0 Å². The third kappa shape index (κ3) is 1.46. The SMILES string of the molecule is CC(C1CCOC1)N1C(=O)C=CC1=O. The van der Waals surface area contributed by atoms with Crippen molar-refractivity contribution in [2.24, 2.45) is 5.92 Å². The van der Waals surface area contributed by atoms with Gasteiger partial charge in [-0.25, -0.2) is 0 Å². The molecule has 0 N–H and O–H groups in total. The van der Waals surface area contributed by atoms with Crippen LogP contribution in [0, 0.1) is 5.92 Å². The fourth-order valence-corrected chi connectivity index (χ4v) is 1.96. The van der Waals surface area contributed by atoms with Gasteiger partial charge in [-0.05, 0) is 13.3 Å². The molecule has 2 unspecified atom stereocenters. The number of amides is 2. The van der Waals surface area contributed by atoms with Crippen LogP contribution in [0.4, 0.5) is 0 Å². The summed E-state index contributed by atoms with van der Waals surface area (Å²) in [4.78, 5) is 24.0. The normalized spacial score (nSPS) is 28.9. The van der Waals surface area contributed by atoms with Crippen LogP contribution in [0.25, 0.3) is 0 Å². The summed E-state index contributed by atoms with van der Waals surface area (Å²) in [6.07, 6.45) is 3.58. The zero-order valence-corrected chi connectivity index (χ0v) is 8.10. The molecule has 4 heteroatoms. The molecule has 2 aliphatic heterocycles. The average Bonchev–Trinajstić information content (AvgIpc) is 2.75. The second kappa shape index (κ2) is 3.53. The predicted molar refractivity (Wildman–Crippen MR) is 49.4 cm³/mol. The molecule has 0 radical (unpaired) electrons. The second-order valence-corrected chi connectivity index (χ2v) is 3.74. The number of nitrogens with zero attached hydrogens (tertiary/aromatic N) is 1. The summed E-state index contributed by atoms with van der Waals surface area (Å²) >= 11 is 0. The van der Waals surface area contributed by atoms with Crippen molar-refractivity contribution < 1.29 is 14.3 Å². The number of hydrogen-bond acceptors (Lipinski definition) is 3. The van der Waals surface area contributed by atoms with Gasteiger partial charge in [0.25, 0.3) is 11.8 Å². The average molecular weight is 195 g/mol. The molecule has 0 aliphatic carbocycles. The van der Waals surface area contributed by atoms with Crippen molar-refractivity contribution in [3.05, 3.63) is 12.2 Å². The number of ether oxygens (including phenoxy) is 1. The number of carbonyl (C=O) groups excluding carboxylic acids is 2. The van der Waals surface area contributed by atoms with Crippen LogP contribution < -0.4 is 0 Å². The maximum atomic E-state index is 11.4. The van der Waals surface area contributed by atoms with Crippen molar-refractivity contribution in [2.75, 3.05) is 13.2 Å². The van der Waals surface area contributed by atoms with E-state index >= 15 is 0 Å². The van der Waals surface area contributed by atoms with Gasteiger partial charge < -0.3 is 4.74 Å². The number of carbonyl (C=O) groups is 2. The molecule has 0 aromatic carbocycles. The van der Waals surface area contributed by atoms with Crippen LogP contribution in [0.15, 0.2) is 12.2 Å². The Hall–Kier alpha value is -1.16. The first kappa shape index (κ1) is 9.40. The van der Waals surface area contributed by atoms with Crippen LogP contribution in [-0.4, -0.2) is 36.0 Å². The molecule has 0 spiro atoms. The van der Waals surface area contributed by atoms with E-state index in [2.05, 4.69) is 0 Å². The predicted octanol–water partition coefficient (Wildman–Crippen LogP) is 0.336. The smallest absolute Gasteiger partial charge is 0.253 e. The van der Waals surface area contributed by atoms with Gasteiger partial charge in [-0.3, -0.25) is 14.5 Å². The lowest BCUT2D eigenvalue weighted by Crippen LogP contribution is -2.42. The Morgan fingerprint density at radius 3 is 2.57 bits per heavy atom. The zero-order valence-electron chi connectivity index (χ0n) is 8.10. The molecule has 1 fully saturated rings. The molecule has 0 aromatic rings. The molecular weight excluding hydrogens is 182 g/mol. The fraction of sp³-hybridized carbons (Fsp3) is 0.600. The molecular formula is C10H13NO3. The number of rotatable bonds is 2. The number of imide groups is 1. The van der Waals surface area contributed by atoms with Crippen LogP contribution in [0.3, 0.4) is 0 Å². The maximum Gasteiger partial charge on any atom is 0.253 e. The highest BCUT2D eigenvalue weighted by Gasteiger charge is 2.34. The molecule has 2 aliphatic rings. The monoisotopic (exact) mass is 195 g/mol. The van der Waals surface area contributed by atoms with E-state index in [0.717, 1.165) is 13.0 Å². The summed E-state index contributed by atoms with van der Waals surface area (Å²) in [5, 5.41) is 0. The van der Waals surface area contributed by atoms with Crippen molar-refractivity contribution in [2.45, 2.75) is 19.4 Å². The van der Waals surface area contributed by atoms with Gasteiger partial charge in [0, 0.05) is 30.7 Å². The summed E-state index contributed by atoms with van der Waals surface area (Å²) in [6.45, 7) is 3.29. The Morgan fingerprint density at radius 1 is 1.43 bits per heavy atom. The van der Waals surface area contributed by atoms with Crippen molar-refractivity contribution in [1.29, 1.82) is 0 Å². The highest BCUT2D eigenvalue weighted by Crippen LogP contribution is 2.23. The van der Waals surface area contributed by atoms with Crippen LogP contribution in [0.2, 0.25) is 0 Å². The highest BCUT2D eigenvalue weighted by molar-refractivity contribution is 6.13. The molecule has 0 bridgehead atoms. The fourth-order valence-electron chi connectivity index (χ4n) is 1.96. The summed E-state index contributed by atoms with van der Waals surface area (Å²) in [6, 6.07) is -0.0486. The van der Waals surface area contributed by atoms with E-state index in [1.54, 1.807) is 0 Å². The minimum atomic E-state index is -0.200. The Kier molecular flexibility index (Phi) is 2.37. The van der Waals surface area contributed by atoms with Crippen LogP contribution in [-0.2, 0) is 14.3 Å². The zero-order chi connectivity index (χ0) is 10.1. The van der Waals surface area contributed by atoms with E-state index in [1.165, 1.54) is 17.1 Å². The van der Waals surface area contributed by atoms with Gasteiger partial charge in [-0.2, -0.15) is 0 Å². The first-order chi connectivity index (χ1) is 6.70. The molecule has 0 saturated carbocycles. The largest absolute Gasteiger partial charge is 0.381 e. The summed E-state index contributed by atoms with van der Waals surface area (Å²) in [5.41, 5.74) is 0. The van der Waals surface area contributed by atoms with Gasteiger partial charge >= 0.3 is 0 Å². The van der Waals surface area contributed by atoms with Gasteiger partial charge in [-0.1, -0.05) is 0 Å². The quantitative estimate of drug-likeness (QED) is 0.597. The Morgan fingerprint density at radius 2 is 2.07 bits per heavy atom. The van der Waals surface area contributed by atoms with Gasteiger partial charge in [0.2, 0.25) is 0 Å². The molecule has 2 heterocycles. The van der Waals surface area contributed by atoms with Crippen molar-refractivity contribution in [1.82, 2.24) is 4.90 Å². The molecule has 0 aromatic heterocycles. The second-order valence-electron chi connectivity index (χ2n) is 3.74. The lowest BCUT2D eigenvalue weighted by Gasteiger charge is -2.26. The number of hydrogen-bond donors (Lipinski definition) is 0. The van der Waals surface area contributed by atoms with Crippen LogP contribution in [0.1, 0.15) is 13.3 Å². The Bertz CT molecular complexity index is 274. The van der Waals surface area contributed by atoms with E-state index in [-0.39, 0.29) is 17.9 Å².